The lowest BCUT2D eigenvalue weighted by Gasteiger charge is -2.09. The van der Waals surface area contributed by atoms with Gasteiger partial charge in [-0.2, -0.15) is 0 Å². The number of hydrogen-bond acceptors (Lipinski definition) is 4. The highest BCUT2D eigenvalue weighted by Gasteiger charge is 2.10. The van der Waals surface area contributed by atoms with Crippen LogP contribution in [-0.4, -0.2) is 18.2 Å². The number of carbonyl (C=O) groups is 3. The summed E-state index contributed by atoms with van der Waals surface area (Å²) >= 11 is 0. The smallest absolute Gasteiger partial charge is 0.308 e. The van der Waals surface area contributed by atoms with E-state index in [0.29, 0.717) is 17.5 Å². The Kier molecular flexibility index (Phi) is 4.68. The third kappa shape index (κ3) is 3.79. The quantitative estimate of drug-likeness (QED) is 0.535. The molecule has 5 heteroatoms. The highest BCUT2D eigenvalue weighted by molar-refractivity contribution is 6.06. The summed E-state index contributed by atoms with van der Waals surface area (Å²) in [4.78, 5) is 34.2. The molecule has 0 radical (unpaired) electrons. The molecule has 2 rings (SSSR count). The van der Waals surface area contributed by atoms with Crippen molar-refractivity contribution < 1.29 is 19.1 Å². The van der Waals surface area contributed by atoms with Crippen LogP contribution in [0.15, 0.2) is 42.5 Å². The van der Waals surface area contributed by atoms with Gasteiger partial charge in [0.25, 0.3) is 5.91 Å². The first-order valence-electron chi connectivity index (χ1n) is 6.65. The monoisotopic (exact) mass is 297 g/mol. The number of nitrogens with one attached hydrogen (secondary N) is 1. The Bertz CT molecular complexity index is 720. The predicted molar refractivity (Wildman–Crippen MR) is 82.3 cm³/mol. The maximum atomic E-state index is 12.1. The molecule has 2 aromatic rings. The molecule has 0 fully saturated rings. The minimum atomic E-state index is -0.478. The van der Waals surface area contributed by atoms with Crippen molar-refractivity contribution in [3.8, 4) is 5.75 Å². The molecule has 0 aromatic heterocycles. The van der Waals surface area contributed by atoms with E-state index in [2.05, 4.69) is 5.32 Å². The van der Waals surface area contributed by atoms with E-state index in [9.17, 15) is 14.4 Å². The fourth-order valence-corrected chi connectivity index (χ4v) is 1.88. The van der Waals surface area contributed by atoms with Gasteiger partial charge in [0.1, 0.15) is 5.75 Å². The van der Waals surface area contributed by atoms with Crippen molar-refractivity contribution in [3.63, 3.8) is 0 Å². The van der Waals surface area contributed by atoms with Crippen LogP contribution in [0.2, 0.25) is 0 Å². The largest absolute Gasteiger partial charge is 0.427 e. The maximum Gasteiger partial charge on any atom is 0.308 e. The third-order valence-corrected chi connectivity index (χ3v) is 2.97. The average molecular weight is 297 g/mol. The van der Waals surface area contributed by atoms with Gasteiger partial charge in [-0.25, -0.2) is 0 Å². The molecule has 1 N–H and O–H groups in total. The number of hydrogen-bond donors (Lipinski definition) is 1. The van der Waals surface area contributed by atoms with Crippen molar-refractivity contribution in [1.82, 2.24) is 0 Å². The zero-order valence-corrected chi connectivity index (χ0v) is 12.3. The molecule has 0 aliphatic carbocycles. The summed E-state index contributed by atoms with van der Waals surface area (Å²) in [5.41, 5.74) is 2.14. The van der Waals surface area contributed by atoms with Crippen LogP contribution in [0.1, 0.15) is 33.2 Å². The van der Waals surface area contributed by atoms with Crippen molar-refractivity contribution >= 4 is 23.9 Å². The molecule has 112 valence electrons. The Hall–Kier alpha value is -2.95. The van der Waals surface area contributed by atoms with Crippen LogP contribution in [0, 0.1) is 6.92 Å². The molecule has 0 aliphatic rings. The van der Waals surface area contributed by atoms with Gasteiger partial charge in [-0.15, -0.1) is 0 Å². The van der Waals surface area contributed by atoms with Gasteiger partial charge < -0.3 is 10.1 Å². The number of esters is 1. The van der Waals surface area contributed by atoms with E-state index in [1.165, 1.54) is 25.1 Å². The minimum Gasteiger partial charge on any atom is -0.427 e. The molecule has 22 heavy (non-hydrogen) atoms. The summed E-state index contributed by atoms with van der Waals surface area (Å²) in [6.07, 6.45) is 0.595. The lowest BCUT2D eigenvalue weighted by atomic mass is 10.1. The molecule has 0 saturated carbocycles. The van der Waals surface area contributed by atoms with E-state index in [0.717, 1.165) is 5.56 Å². The van der Waals surface area contributed by atoms with Gasteiger partial charge in [-0.3, -0.25) is 14.4 Å². The molecule has 1 amide bonds. The normalized spacial score (nSPS) is 9.91. The number of anilines is 1. The molecule has 0 aliphatic heterocycles. The van der Waals surface area contributed by atoms with Crippen LogP contribution in [0.3, 0.4) is 0 Å². The summed E-state index contributed by atoms with van der Waals surface area (Å²) in [5.74, 6) is -0.542. The van der Waals surface area contributed by atoms with Crippen LogP contribution < -0.4 is 10.1 Å². The number of aldehydes is 1. The topological polar surface area (TPSA) is 72.5 Å². The number of benzene rings is 2. The van der Waals surface area contributed by atoms with Crippen LogP contribution >= 0.6 is 0 Å². The molecule has 0 spiro atoms. The molecule has 0 heterocycles. The Morgan fingerprint density at radius 2 is 1.77 bits per heavy atom. The summed E-state index contributed by atoms with van der Waals surface area (Å²) < 4.78 is 4.90. The van der Waals surface area contributed by atoms with E-state index in [1.54, 1.807) is 12.1 Å². The number of rotatable bonds is 4. The molecule has 0 unspecified atom stereocenters. The summed E-state index contributed by atoms with van der Waals surface area (Å²) in [5, 5.41) is 2.67. The average Bonchev–Trinajstić information content (AvgIpc) is 2.48. The van der Waals surface area contributed by atoms with Gasteiger partial charge in [0.2, 0.25) is 0 Å². The standard InChI is InChI=1S/C17H15NO4/c1-11-3-5-13(6-4-11)17(21)18-16-8-7-15(22-12(2)20)9-14(16)10-19/h3-10H,1-2H3,(H,18,21). The van der Waals surface area contributed by atoms with Crippen molar-refractivity contribution in [3.05, 3.63) is 59.2 Å². The van der Waals surface area contributed by atoms with Crippen molar-refractivity contribution in [2.75, 3.05) is 5.32 Å². The maximum absolute atomic E-state index is 12.1. The molecular weight excluding hydrogens is 282 g/mol. The second kappa shape index (κ2) is 6.67. The van der Waals surface area contributed by atoms with Crippen molar-refractivity contribution in [2.45, 2.75) is 13.8 Å². The Balaban J connectivity index is 2.21. The second-order valence-electron chi connectivity index (χ2n) is 4.78. The van der Waals surface area contributed by atoms with Gasteiger partial charge in [0.15, 0.2) is 6.29 Å². The Labute approximate surface area is 127 Å². The first kappa shape index (κ1) is 15.4. The van der Waals surface area contributed by atoms with Gasteiger partial charge in [-0.05, 0) is 37.3 Å². The van der Waals surface area contributed by atoms with E-state index >= 15 is 0 Å². The lowest BCUT2D eigenvalue weighted by molar-refractivity contribution is -0.131. The molecule has 0 bridgehead atoms. The van der Waals surface area contributed by atoms with Gasteiger partial charge >= 0.3 is 5.97 Å². The molecule has 0 atom stereocenters. The zero-order chi connectivity index (χ0) is 16.1. The van der Waals surface area contributed by atoms with Gasteiger partial charge in [0, 0.05) is 18.1 Å². The summed E-state index contributed by atoms with van der Waals surface area (Å²) in [6.45, 7) is 3.20. The van der Waals surface area contributed by atoms with Crippen LogP contribution in [0.25, 0.3) is 0 Å². The van der Waals surface area contributed by atoms with Gasteiger partial charge in [0.05, 0.1) is 5.69 Å². The molecule has 2 aromatic carbocycles. The molecule has 0 saturated heterocycles. The fourth-order valence-electron chi connectivity index (χ4n) is 1.88. The highest BCUT2D eigenvalue weighted by atomic mass is 16.5. The van der Waals surface area contributed by atoms with Crippen molar-refractivity contribution in [2.24, 2.45) is 0 Å². The van der Waals surface area contributed by atoms with Gasteiger partial charge in [-0.1, -0.05) is 17.7 Å². The van der Waals surface area contributed by atoms with Crippen molar-refractivity contribution in [1.29, 1.82) is 0 Å². The first-order valence-corrected chi connectivity index (χ1v) is 6.65. The third-order valence-electron chi connectivity index (χ3n) is 2.97. The fraction of sp³-hybridized carbons (Fsp3) is 0.118. The number of aryl methyl sites for hydroxylation is 1. The van der Waals surface area contributed by atoms with Crippen LogP contribution in [0.5, 0.6) is 5.75 Å². The van der Waals surface area contributed by atoms with E-state index in [4.69, 9.17) is 4.74 Å². The zero-order valence-electron chi connectivity index (χ0n) is 12.3. The summed E-state index contributed by atoms with van der Waals surface area (Å²) in [6, 6.07) is 11.5. The summed E-state index contributed by atoms with van der Waals surface area (Å²) in [7, 11) is 0. The highest BCUT2D eigenvalue weighted by Crippen LogP contribution is 2.21. The molecular formula is C17H15NO4. The Morgan fingerprint density at radius 1 is 1.09 bits per heavy atom. The van der Waals surface area contributed by atoms with Crippen LogP contribution in [0.4, 0.5) is 5.69 Å². The van der Waals surface area contributed by atoms with E-state index in [1.807, 2.05) is 19.1 Å². The van der Waals surface area contributed by atoms with E-state index < -0.39 is 5.97 Å². The minimum absolute atomic E-state index is 0.235. The second-order valence-corrected chi connectivity index (χ2v) is 4.78. The Morgan fingerprint density at radius 3 is 2.36 bits per heavy atom. The number of ether oxygens (including phenoxy) is 1. The first-order chi connectivity index (χ1) is 10.5. The SMILES string of the molecule is CC(=O)Oc1ccc(NC(=O)c2ccc(C)cc2)c(C=O)c1. The number of amides is 1. The van der Waals surface area contributed by atoms with Crippen LogP contribution in [-0.2, 0) is 4.79 Å². The van der Waals surface area contributed by atoms with E-state index in [-0.39, 0.29) is 17.2 Å². The predicted octanol–water partition coefficient (Wildman–Crippen LogP) is 2.99. The number of carbonyl (C=O) groups excluding carboxylic acids is 3. The lowest BCUT2D eigenvalue weighted by Crippen LogP contribution is -2.13. The molecule has 5 nitrogen and oxygen atoms in total.